The average Bonchev–Trinajstić information content (AvgIpc) is 3.02. The van der Waals surface area contributed by atoms with Crippen LogP contribution in [0.25, 0.3) is 0 Å². The smallest absolute Gasteiger partial charge is 0.0511 e. The third kappa shape index (κ3) is 2.62. The molecule has 0 amide bonds. The molecule has 1 aliphatic heterocycles. The van der Waals surface area contributed by atoms with Gasteiger partial charge in [-0.1, -0.05) is 12.5 Å². The van der Waals surface area contributed by atoms with Crippen molar-refractivity contribution in [1.82, 2.24) is 5.32 Å². The number of halogens is 1. The second-order valence-corrected chi connectivity index (χ2v) is 7.65. The average molecular weight is 335 g/mol. The first-order valence-electron chi connectivity index (χ1n) is 8.06. The summed E-state index contributed by atoms with van der Waals surface area (Å²) in [5, 5.41) is 3.59. The zero-order valence-corrected chi connectivity index (χ0v) is 13.5. The minimum Gasteiger partial charge on any atom is -0.370 e. The lowest BCUT2D eigenvalue weighted by Crippen LogP contribution is -2.21. The maximum Gasteiger partial charge on any atom is 0.0511 e. The van der Waals surface area contributed by atoms with Crippen molar-refractivity contribution in [1.29, 1.82) is 0 Å². The fourth-order valence-corrected chi connectivity index (χ4v) is 4.58. The Morgan fingerprint density at radius 2 is 1.85 bits per heavy atom. The molecule has 1 aromatic rings. The molecule has 2 aliphatic carbocycles. The number of nitrogens with zero attached hydrogens (tertiary/aromatic N) is 1. The number of fused-ring (bicyclic) bond motifs is 1. The quantitative estimate of drug-likeness (QED) is 0.897. The van der Waals surface area contributed by atoms with Crippen molar-refractivity contribution in [3.63, 3.8) is 0 Å². The molecular formula is C17H23BrN2. The van der Waals surface area contributed by atoms with Crippen LogP contribution in [0, 0.1) is 11.8 Å². The van der Waals surface area contributed by atoms with Crippen molar-refractivity contribution in [3.05, 3.63) is 28.2 Å². The van der Waals surface area contributed by atoms with Crippen molar-refractivity contribution in [2.75, 3.05) is 18.0 Å². The van der Waals surface area contributed by atoms with Gasteiger partial charge in [0.2, 0.25) is 0 Å². The van der Waals surface area contributed by atoms with E-state index in [2.05, 4.69) is 44.3 Å². The van der Waals surface area contributed by atoms with Gasteiger partial charge in [-0.2, -0.15) is 0 Å². The van der Waals surface area contributed by atoms with Crippen molar-refractivity contribution in [2.45, 2.75) is 44.7 Å². The Balaban J connectivity index is 1.45. The zero-order valence-electron chi connectivity index (χ0n) is 11.9. The van der Waals surface area contributed by atoms with Crippen molar-refractivity contribution in [2.24, 2.45) is 11.8 Å². The summed E-state index contributed by atoms with van der Waals surface area (Å²) < 4.78 is 1.27. The van der Waals surface area contributed by atoms with E-state index >= 15 is 0 Å². The molecule has 1 N–H and O–H groups in total. The predicted octanol–water partition coefficient (Wildman–Crippen LogP) is 3.94. The summed E-state index contributed by atoms with van der Waals surface area (Å²) >= 11 is 3.79. The molecule has 0 aromatic heterocycles. The number of hydrogen-bond acceptors (Lipinski definition) is 2. The summed E-state index contributed by atoms with van der Waals surface area (Å²) in [5.41, 5.74) is 2.79. The SMILES string of the molecule is Brc1cc(CNC2CC2)ccc1N1CC2CCCC2C1. The fourth-order valence-electron chi connectivity index (χ4n) is 3.90. The van der Waals surface area contributed by atoms with Crippen LogP contribution in [0.3, 0.4) is 0 Å². The second kappa shape index (κ2) is 5.34. The van der Waals surface area contributed by atoms with E-state index in [0.29, 0.717) is 0 Å². The van der Waals surface area contributed by atoms with Gasteiger partial charge in [-0.15, -0.1) is 0 Å². The van der Waals surface area contributed by atoms with Crippen LogP contribution in [0.15, 0.2) is 22.7 Å². The Kier molecular flexibility index (Phi) is 3.51. The molecule has 4 rings (SSSR count). The number of benzene rings is 1. The first-order chi connectivity index (χ1) is 9.79. The summed E-state index contributed by atoms with van der Waals surface area (Å²) in [6, 6.07) is 7.70. The highest BCUT2D eigenvalue weighted by Crippen LogP contribution is 2.41. The van der Waals surface area contributed by atoms with Crippen molar-refractivity contribution in [3.8, 4) is 0 Å². The lowest BCUT2D eigenvalue weighted by Gasteiger charge is -2.21. The van der Waals surface area contributed by atoms with E-state index < -0.39 is 0 Å². The van der Waals surface area contributed by atoms with Gasteiger partial charge in [-0.3, -0.25) is 0 Å². The maximum atomic E-state index is 3.79. The van der Waals surface area contributed by atoms with Crippen molar-refractivity contribution < 1.29 is 0 Å². The summed E-state index contributed by atoms with van der Waals surface area (Å²) in [4.78, 5) is 2.59. The molecule has 2 unspecified atom stereocenters. The first-order valence-corrected chi connectivity index (χ1v) is 8.85. The van der Waals surface area contributed by atoms with Crippen LogP contribution in [0.2, 0.25) is 0 Å². The van der Waals surface area contributed by atoms with Crippen LogP contribution in [0.4, 0.5) is 5.69 Å². The summed E-state index contributed by atoms with van der Waals surface area (Å²) in [6.45, 7) is 3.54. The van der Waals surface area contributed by atoms with Crippen LogP contribution >= 0.6 is 15.9 Å². The summed E-state index contributed by atoms with van der Waals surface area (Å²) in [6.07, 6.45) is 7.06. The minimum absolute atomic E-state index is 0.784. The molecule has 20 heavy (non-hydrogen) atoms. The van der Waals surface area contributed by atoms with E-state index in [0.717, 1.165) is 24.4 Å². The highest BCUT2D eigenvalue weighted by Gasteiger charge is 2.36. The van der Waals surface area contributed by atoms with E-state index in [4.69, 9.17) is 0 Å². The number of nitrogens with one attached hydrogen (secondary N) is 1. The molecular weight excluding hydrogens is 312 g/mol. The lowest BCUT2D eigenvalue weighted by atomic mass is 10.0. The van der Waals surface area contributed by atoms with Gasteiger partial charge in [0.15, 0.2) is 0 Å². The van der Waals surface area contributed by atoms with E-state index in [1.807, 2.05) is 0 Å². The fraction of sp³-hybridized carbons (Fsp3) is 0.647. The van der Waals surface area contributed by atoms with Gasteiger partial charge in [0.1, 0.15) is 0 Å². The van der Waals surface area contributed by atoms with E-state index in [9.17, 15) is 0 Å². The van der Waals surface area contributed by atoms with Crippen LogP contribution < -0.4 is 10.2 Å². The molecule has 0 bridgehead atoms. The van der Waals surface area contributed by atoms with E-state index in [-0.39, 0.29) is 0 Å². The Morgan fingerprint density at radius 3 is 2.50 bits per heavy atom. The topological polar surface area (TPSA) is 15.3 Å². The highest BCUT2D eigenvalue weighted by molar-refractivity contribution is 9.10. The standard InChI is InChI=1S/C17H23BrN2/c18-16-8-12(9-19-15-5-6-15)4-7-17(16)20-10-13-2-1-3-14(13)11-20/h4,7-8,13-15,19H,1-3,5-6,9-11H2. The number of rotatable bonds is 4. The molecule has 0 spiro atoms. The van der Waals surface area contributed by atoms with Crippen molar-refractivity contribution >= 4 is 21.6 Å². The number of anilines is 1. The normalized spacial score (nSPS) is 28.9. The van der Waals surface area contributed by atoms with Gasteiger partial charge < -0.3 is 10.2 Å². The molecule has 2 nitrogen and oxygen atoms in total. The molecule has 3 fully saturated rings. The summed E-state index contributed by atoms with van der Waals surface area (Å²) in [7, 11) is 0. The van der Waals surface area contributed by atoms with E-state index in [1.54, 1.807) is 0 Å². The molecule has 1 aromatic carbocycles. The van der Waals surface area contributed by atoms with Gasteiger partial charge in [0.05, 0.1) is 5.69 Å². The Bertz CT molecular complexity index is 486. The van der Waals surface area contributed by atoms with Gasteiger partial charge in [-0.05, 0) is 71.1 Å². The van der Waals surface area contributed by atoms with Gasteiger partial charge in [0, 0.05) is 30.1 Å². The van der Waals surface area contributed by atoms with Gasteiger partial charge >= 0.3 is 0 Å². The first kappa shape index (κ1) is 13.1. The molecule has 2 atom stereocenters. The molecule has 1 saturated heterocycles. The molecule has 2 saturated carbocycles. The largest absolute Gasteiger partial charge is 0.370 e. The van der Waals surface area contributed by atoms with E-state index in [1.165, 1.54) is 60.9 Å². The third-order valence-electron chi connectivity index (χ3n) is 5.25. The zero-order chi connectivity index (χ0) is 13.5. The predicted molar refractivity (Wildman–Crippen MR) is 87.0 cm³/mol. The molecule has 108 valence electrons. The maximum absolute atomic E-state index is 3.79. The van der Waals surface area contributed by atoms with Crippen LogP contribution in [-0.2, 0) is 6.54 Å². The Hall–Kier alpha value is -0.540. The molecule has 0 radical (unpaired) electrons. The lowest BCUT2D eigenvalue weighted by molar-refractivity contribution is 0.494. The molecule has 3 heteroatoms. The highest BCUT2D eigenvalue weighted by atomic mass is 79.9. The van der Waals surface area contributed by atoms with Gasteiger partial charge in [0.25, 0.3) is 0 Å². The Labute approximate surface area is 130 Å². The Morgan fingerprint density at radius 1 is 1.10 bits per heavy atom. The van der Waals surface area contributed by atoms with Crippen LogP contribution in [0.5, 0.6) is 0 Å². The number of hydrogen-bond donors (Lipinski definition) is 1. The van der Waals surface area contributed by atoms with Gasteiger partial charge in [-0.25, -0.2) is 0 Å². The minimum atomic E-state index is 0.784. The second-order valence-electron chi connectivity index (χ2n) is 6.80. The molecule has 1 heterocycles. The van der Waals surface area contributed by atoms with Crippen LogP contribution in [0.1, 0.15) is 37.7 Å². The summed E-state index contributed by atoms with van der Waals surface area (Å²) in [5.74, 6) is 1.91. The monoisotopic (exact) mass is 334 g/mol. The van der Waals surface area contributed by atoms with Crippen LogP contribution in [-0.4, -0.2) is 19.1 Å². The third-order valence-corrected chi connectivity index (χ3v) is 5.89. The molecule has 3 aliphatic rings.